The second kappa shape index (κ2) is 5.35. The van der Waals surface area contributed by atoms with Gasteiger partial charge in [0.1, 0.15) is 11.7 Å². The first kappa shape index (κ1) is 17.8. The molecule has 7 rings (SSSR count). The highest BCUT2D eigenvalue weighted by atomic mass is 16.6. The van der Waals surface area contributed by atoms with Gasteiger partial charge in [-0.3, -0.25) is 0 Å². The largest absolute Gasteiger partial charge is 0.493 e. The maximum absolute atomic E-state index is 9.68. The molecule has 0 amide bonds. The van der Waals surface area contributed by atoms with Crippen LogP contribution in [-0.2, 0) is 16.6 Å². The first-order valence-corrected chi connectivity index (χ1v) is 10.5. The van der Waals surface area contributed by atoms with E-state index >= 15 is 0 Å². The molecule has 1 saturated heterocycles. The minimum absolute atomic E-state index is 0.0310. The van der Waals surface area contributed by atoms with Crippen molar-refractivity contribution >= 4 is 5.71 Å². The van der Waals surface area contributed by atoms with Crippen molar-refractivity contribution in [2.45, 2.75) is 49.3 Å². The fourth-order valence-electron chi connectivity index (χ4n) is 7.75. The molecule has 6 atom stereocenters. The van der Waals surface area contributed by atoms with Crippen molar-refractivity contribution in [1.29, 1.82) is 0 Å². The van der Waals surface area contributed by atoms with Gasteiger partial charge in [-0.1, -0.05) is 23.4 Å². The van der Waals surface area contributed by atoms with E-state index in [1.54, 1.807) is 14.2 Å². The number of fused-ring (bicyclic) bond motifs is 1. The Kier molecular flexibility index (Phi) is 3.28. The van der Waals surface area contributed by atoms with Crippen LogP contribution in [0.5, 0.6) is 11.5 Å². The predicted molar refractivity (Wildman–Crippen MR) is 108 cm³/mol. The molecular weight excluding hydrogens is 368 g/mol. The fraction of sp³-hybridized carbons (Fsp3) is 0.609. The average Bonchev–Trinajstić information content (AvgIpc) is 3.12. The van der Waals surface area contributed by atoms with Crippen LogP contribution < -0.4 is 9.47 Å². The lowest BCUT2D eigenvalue weighted by atomic mass is 9.37. The van der Waals surface area contributed by atoms with Crippen molar-refractivity contribution in [2.24, 2.45) is 16.5 Å². The maximum atomic E-state index is 9.68. The van der Waals surface area contributed by atoms with Crippen LogP contribution in [0, 0.1) is 11.3 Å². The topological polar surface area (TPSA) is 63.5 Å². The second-order valence-corrected chi connectivity index (χ2v) is 9.48. The molecule has 1 N–H and O–H groups in total. The van der Waals surface area contributed by atoms with E-state index in [0.717, 1.165) is 37.3 Å². The summed E-state index contributed by atoms with van der Waals surface area (Å²) in [6, 6.07) is 4.66. The summed E-state index contributed by atoms with van der Waals surface area (Å²) in [5, 5.41) is 13.3. The van der Waals surface area contributed by atoms with E-state index < -0.39 is 5.60 Å². The molecule has 2 aliphatic heterocycles. The molecule has 2 heterocycles. The molecule has 154 valence electrons. The SMILES string of the molecule is COc1ccc2c3c1O[C@H]1[C@@]4(OC)C=C[C@@]5(C[C@H]4C(C)=NO)[C@H](C2)N(C)CC[C@]315. The molecule has 6 aliphatic rings. The third kappa shape index (κ3) is 1.65. The van der Waals surface area contributed by atoms with Crippen LogP contribution >= 0.6 is 0 Å². The molecule has 29 heavy (non-hydrogen) atoms. The maximum Gasteiger partial charge on any atom is 0.166 e. The summed E-state index contributed by atoms with van der Waals surface area (Å²) in [6.45, 7) is 2.94. The molecule has 6 heteroatoms. The Balaban J connectivity index is 1.70. The quantitative estimate of drug-likeness (QED) is 0.368. The van der Waals surface area contributed by atoms with Gasteiger partial charge in [-0.05, 0) is 51.4 Å². The molecule has 1 saturated carbocycles. The van der Waals surface area contributed by atoms with Gasteiger partial charge in [0.2, 0.25) is 0 Å². The summed E-state index contributed by atoms with van der Waals surface area (Å²) in [7, 11) is 5.72. The number of hydrogen-bond donors (Lipinski definition) is 1. The van der Waals surface area contributed by atoms with Gasteiger partial charge in [0.05, 0.1) is 18.2 Å². The van der Waals surface area contributed by atoms with E-state index in [-0.39, 0.29) is 22.9 Å². The molecule has 4 bridgehead atoms. The zero-order valence-electron chi connectivity index (χ0n) is 17.4. The van der Waals surface area contributed by atoms with Crippen molar-refractivity contribution in [3.63, 3.8) is 0 Å². The summed E-state index contributed by atoms with van der Waals surface area (Å²) < 4.78 is 18.8. The van der Waals surface area contributed by atoms with Crippen molar-refractivity contribution in [2.75, 3.05) is 27.8 Å². The number of oxime groups is 1. The average molecular weight is 396 g/mol. The summed E-state index contributed by atoms with van der Waals surface area (Å²) in [5.74, 6) is 1.66. The normalized spacial score (nSPS) is 43.9. The highest BCUT2D eigenvalue weighted by Gasteiger charge is 2.79. The summed E-state index contributed by atoms with van der Waals surface area (Å²) in [6.07, 6.45) is 7.39. The Hall–Kier alpha value is -2.05. The lowest BCUT2D eigenvalue weighted by Crippen LogP contribution is -2.79. The lowest BCUT2D eigenvalue weighted by molar-refractivity contribution is -0.201. The minimum atomic E-state index is -0.656. The molecule has 2 spiro atoms. The first-order valence-electron chi connectivity index (χ1n) is 10.5. The Morgan fingerprint density at radius 3 is 2.86 bits per heavy atom. The summed E-state index contributed by atoms with van der Waals surface area (Å²) in [4.78, 5) is 2.52. The Labute approximate surface area is 171 Å². The molecule has 0 radical (unpaired) electrons. The van der Waals surface area contributed by atoms with E-state index in [0.29, 0.717) is 11.8 Å². The van der Waals surface area contributed by atoms with Crippen molar-refractivity contribution in [3.8, 4) is 11.5 Å². The van der Waals surface area contributed by atoms with Crippen molar-refractivity contribution in [3.05, 3.63) is 35.4 Å². The zero-order chi connectivity index (χ0) is 20.2. The van der Waals surface area contributed by atoms with Crippen LogP contribution in [0.1, 0.15) is 30.9 Å². The van der Waals surface area contributed by atoms with Gasteiger partial charge >= 0.3 is 0 Å². The van der Waals surface area contributed by atoms with Crippen LogP contribution in [0.15, 0.2) is 29.4 Å². The smallest absolute Gasteiger partial charge is 0.166 e. The molecule has 1 aromatic rings. The monoisotopic (exact) mass is 396 g/mol. The van der Waals surface area contributed by atoms with Gasteiger partial charge in [-0.25, -0.2) is 0 Å². The van der Waals surface area contributed by atoms with Crippen LogP contribution in [0.25, 0.3) is 0 Å². The minimum Gasteiger partial charge on any atom is -0.493 e. The van der Waals surface area contributed by atoms with Gasteiger partial charge in [0, 0.05) is 30.0 Å². The Morgan fingerprint density at radius 1 is 1.31 bits per heavy atom. The van der Waals surface area contributed by atoms with Crippen molar-refractivity contribution in [1.82, 2.24) is 4.90 Å². The highest BCUT2D eigenvalue weighted by molar-refractivity contribution is 5.87. The number of ether oxygens (including phenoxy) is 3. The highest BCUT2D eigenvalue weighted by Crippen LogP contribution is 2.74. The molecule has 0 unspecified atom stereocenters. The number of rotatable bonds is 3. The first-order chi connectivity index (χ1) is 14.0. The van der Waals surface area contributed by atoms with Crippen molar-refractivity contribution < 1.29 is 19.4 Å². The van der Waals surface area contributed by atoms with Crippen LogP contribution in [0.4, 0.5) is 0 Å². The molecule has 2 fully saturated rings. The van der Waals surface area contributed by atoms with Gasteiger partial charge in [0.25, 0.3) is 0 Å². The molecule has 0 aromatic heterocycles. The molecule has 6 nitrogen and oxygen atoms in total. The van der Waals surface area contributed by atoms with Crippen LogP contribution in [0.2, 0.25) is 0 Å². The van der Waals surface area contributed by atoms with Gasteiger partial charge in [0.15, 0.2) is 11.5 Å². The predicted octanol–water partition coefficient (Wildman–Crippen LogP) is 2.77. The number of methoxy groups -OCH3 is 2. The number of likely N-dealkylation sites (tertiary alicyclic amines) is 1. The van der Waals surface area contributed by atoms with Gasteiger partial charge in [-0.2, -0.15) is 0 Å². The number of nitrogens with zero attached hydrogens (tertiary/aromatic N) is 2. The van der Waals surface area contributed by atoms with Crippen LogP contribution in [0.3, 0.4) is 0 Å². The standard InChI is InChI=1S/C23H28N2O4/c1-13(24-26)15-12-21-7-8-23(15,28-4)20-22(21)9-10-25(2)17(21)11-14-5-6-16(27-3)19(29-20)18(14)22/h5-8,15,17,20,26H,9-12H2,1-4H3/t15-,17-,20+,21+,22-,23+/m0/s1. The van der Waals surface area contributed by atoms with E-state index in [1.165, 1.54) is 11.1 Å². The Bertz CT molecular complexity index is 974. The number of benzene rings is 1. The Morgan fingerprint density at radius 2 is 2.14 bits per heavy atom. The third-order valence-corrected chi connectivity index (χ3v) is 8.94. The fourth-order valence-corrected chi connectivity index (χ4v) is 7.75. The number of piperidine rings is 1. The molecule has 4 aliphatic carbocycles. The zero-order valence-corrected chi connectivity index (χ0v) is 17.4. The summed E-state index contributed by atoms with van der Waals surface area (Å²) >= 11 is 0. The van der Waals surface area contributed by atoms with Gasteiger partial charge < -0.3 is 24.3 Å². The lowest BCUT2D eigenvalue weighted by Gasteiger charge is -2.71. The van der Waals surface area contributed by atoms with Crippen LogP contribution in [-0.4, -0.2) is 61.4 Å². The van der Waals surface area contributed by atoms with Gasteiger partial charge in [-0.15, -0.1) is 0 Å². The third-order valence-electron chi connectivity index (χ3n) is 8.94. The van der Waals surface area contributed by atoms with E-state index in [2.05, 4.69) is 35.3 Å². The molecule has 1 aromatic carbocycles. The molecular formula is C23H28N2O4. The number of likely N-dealkylation sites (N-methyl/N-ethyl adjacent to an activating group) is 1. The number of hydrogen-bond acceptors (Lipinski definition) is 6. The van der Waals surface area contributed by atoms with E-state index in [1.807, 2.05) is 13.0 Å². The second-order valence-electron chi connectivity index (χ2n) is 9.48. The van der Waals surface area contributed by atoms with E-state index in [4.69, 9.17) is 14.2 Å². The summed E-state index contributed by atoms with van der Waals surface area (Å²) in [5.41, 5.74) is 2.56. The van der Waals surface area contributed by atoms with E-state index in [9.17, 15) is 5.21 Å².